The van der Waals surface area contributed by atoms with Gasteiger partial charge in [0.25, 0.3) is 0 Å². The topological polar surface area (TPSA) is 66.8 Å². The van der Waals surface area contributed by atoms with Crippen LogP contribution >= 0.6 is 0 Å². The molecule has 0 bridgehead atoms. The number of aliphatic carboxylic acids is 1. The number of ether oxygens (including phenoxy) is 1. The van der Waals surface area contributed by atoms with E-state index in [1.165, 1.54) is 0 Å². The van der Waals surface area contributed by atoms with Gasteiger partial charge in [-0.25, -0.2) is 0 Å². The van der Waals surface area contributed by atoms with Crippen molar-refractivity contribution in [3.63, 3.8) is 0 Å². The maximum atomic E-state index is 11.5. The number of methoxy groups -OCH3 is 1. The second kappa shape index (κ2) is 6.94. The van der Waals surface area contributed by atoms with Crippen molar-refractivity contribution in [3.05, 3.63) is 29.8 Å². The van der Waals surface area contributed by atoms with Gasteiger partial charge in [0.2, 0.25) is 0 Å². The van der Waals surface area contributed by atoms with Gasteiger partial charge >= 0.3 is 5.97 Å². The number of benzene rings is 1. The third-order valence-corrected chi connectivity index (χ3v) is 4.40. The highest BCUT2D eigenvalue weighted by molar-refractivity contribution is 5.70. The minimum Gasteiger partial charge on any atom is -0.497 e. The van der Waals surface area contributed by atoms with Crippen LogP contribution in [0, 0.1) is 5.92 Å². The molecule has 4 nitrogen and oxygen atoms in total. The van der Waals surface area contributed by atoms with Gasteiger partial charge in [-0.05, 0) is 43.4 Å². The Morgan fingerprint density at radius 3 is 2.38 bits per heavy atom. The fraction of sp³-hybridized carbons (Fsp3) is 0.588. The average Bonchev–Trinajstić information content (AvgIpc) is 2.48. The number of carboxylic acid groups (broad SMARTS) is 1. The molecule has 1 unspecified atom stereocenters. The summed E-state index contributed by atoms with van der Waals surface area (Å²) < 4.78 is 5.10. The molecule has 2 N–H and O–H groups in total. The van der Waals surface area contributed by atoms with E-state index < -0.39 is 17.5 Å². The van der Waals surface area contributed by atoms with Crippen LogP contribution in [0.25, 0.3) is 0 Å². The largest absolute Gasteiger partial charge is 0.497 e. The molecule has 0 radical (unpaired) electrons. The third-order valence-electron chi connectivity index (χ3n) is 4.40. The predicted octanol–water partition coefficient (Wildman–Crippen LogP) is 3.02. The number of rotatable bonds is 6. The molecule has 0 spiro atoms. The molecule has 0 aromatic heterocycles. The van der Waals surface area contributed by atoms with E-state index >= 15 is 0 Å². The van der Waals surface area contributed by atoms with Crippen molar-refractivity contribution >= 4 is 5.97 Å². The van der Waals surface area contributed by atoms with Crippen LogP contribution in [0.4, 0.5) is 0 Å². The SMILES string of the molecule is COc1ccc(CC(CC2(O)CCCCC2)C(=O)O)cc1. The van der Waals surface area contributed by atoms with E-state index in [0.29, 0.717) is 12.8 Å². The zero-order chi connectivity index (χ0) is 15.3. The lowest BCUT2D eigenvalue weighted by molar-refractivity contribution is -0.145. The Morgan fingerprint density at radius 1 is 1.24 bits per heavy atom. The molecule has 0 aliphatic heterocycles. The summed E-state index contributed by atoms with van der Waals surface area (Å²) in [4.78, 5) is 11.5. The summed E-state index contributed by atoms with van der Waals surface area (Å²) in [6.07, 6.45) is 5.35. The number of carboxylic acids is 1. The Bertz CT molecular complexity index is 460. The van der Waals surface area contributed by atoms with E-state index in [4.69, 9.17) is 4.74 Å². The fourth-order valence-corrected chi connectivity index (χ4v) is 3.17. The second-order valence-corrected chi connectivity index (χ2v) is 6.08. The molecule has 1 atom stereocenters. The zero-order valence-electron chi connectivity index (χ0n) is 12.5. The van der Waals surface area contributed by atoms with Crippen molar-refractivity contribution in [2.24, 2.45) is 5.92 Å². The van der Waals surface area contributed by atoms with Crippen LogP contribution in [-0.4, -0.2) is 28.9 Å². The summed E-state index contributed by atoms with van der Waals surface area (Å²) in [6, 6.07) is 7.45. The first-order valence-electron chi connectivity index (χ1n) is 7.60. The Balaban J connectivity index is 2.02. The maximum absolute atomic E-state index is 11.5. The lowest BCUT2D eigenvalue weighted by Gasteiger charge is -2.34. The number of carbonyl (C=O) groups is 1. The number of hydrogen-bond donors (Lipinski definition) is 2. The molecule has 1 fully saturated rings. The van der Waals surface area contributed by atoms with Crippen molar-refractivity contribution < 1.29 is 19.7 Å². The standard InChI is InChI=1S/C17H24O4/c1-21-15-7-5-13(6-8-15)11-14(16(18)19)12-17(20)9-3-2-4-10-17/h5-8,14,20H,2-4,9-12H2,1H3,(H,18,19). The Labute approximate surface area is 125 Å². The van der Waals surface area contributed by atoms with Gasteiger partial charge in [0.05, 0.1) is 18.6 Å². The molecule has 1 saturated carbocycles. The highest BCUT2D eigenvalue weighted by Crippen LogP contribution is 2.34. The molecule has 0 saturated heterocycles. The summed E-state index contributed by atoms with van der Waals surface area (Å²) in [5.74, 6) is -0.608. The van der Waals surface area contributed by atoms with E-state index in [-0.39, 0.29) is 0 Å². The van der Waals surface area contributed by atoms with Gasteiger partial charge in [0.15, 0.2) is 0 Å². The molecule has 1 aliphatic rings. The van der Waals surface area contributed by atoms with Crippen LogP contribution in [-0.2, 0) is 11.2 Å². The van der Waals surface area contributed by atoms with Crippen molar-refractivity contribution in [1.82, 2.24) is 0 Å². The van der Waals surface area contributed by atoms with E-state index in [1.807, 2.05) is 24.3 Å². The summed E-state index contributed by atoms with van der Waals surface area (Å²) >= 11 is 0. The molecule has 1 aliphatic carbocycles. The molecule has 21 heavy (non-hydrogen) atoms. The summed E-state index contributed by atoms with van der Waals surface area (Å²) in [6.45, 7) is 0. The molecular formula is C17H24O4. The van der Waals surface area contributed by atoms with Crippen LogP contribution in [0.2, 0.25) is 0 Å². The summed E-state index contributed by atoms with van der Waals surface area (Å²) in [5.41, 5.74) is 0.163. The molecular weight excluding hydrogens is 268 g/mol. The van der Waals surface area contributed by atoms with Crippen molar-refractivity contribution in [2.45, 2.75) is 50.5 Å². The first kappa shape index (κ1) is 15.8. The minimum absolute atomic E-state index is 0.342. The van der Waals surface area contributed by atoms with Crippen LogP contribution in [0.5, 0.6) is 5.75 Å². The maximum Gasteiger partial charge on any atom is 0.306 e. The predicted molar refractivity (Wildman–Crippen MR) is 80.5 cm³/mol. The Kier molecular flexibility index (Phi) is 5.23. The average molecular weight is 292 g/mol. The van der Waals surface area contributed by atoms with Crippen LogP contribution < -0.4 is 4.74 Å². The van der Waals surface area contributed by atoms with Gasteiger partial charge in [0.1, 0.15) is 5.75 Å². The van der Waals surface area contributed by atoms with Gasteiger partial charge in [-0.1, -0.05) is 31.4 Å². The Hall–Kier alpha value is -1.55. The van der Waals surface area contributed by atoms with Crippen molar-refractivity contribution in [3.8, 4) is 5.75 Å². The lowest BCUT2D eigenvalue weighted by Crippen LogP contribution is -2.36. The molecule has 1 aromatic carbocycles. The minimum atomic E-state index is -0.829. The molecule has 116 valence electrons. The first-order valence-corrected chi connectivity index (χ1v) is 7.60. The third kappa shape index (κ3) is 4.46. The fourth-order valence-electron chi connectivity index (χ4n) is 3.17. The van der Waals surface area contributed by atoms with Crippen LogP contribution in [0.15, 0.2) is 24.3 Å². The van der Waals surface area contributed by atoms with E-state index in [0.717, 1.165) is 43.4 Å². The molecule has 0 heterocycles. The van der Waals surface area contributed by atoms with Gasteiger partial charge in [-0.15, -0.1) is 0 Å². The van der Waals surface area contributed by atoms with Gasteiger partial charge in [-0.3, -0.25) is 4.79 Å². The normalized spacial score (nSPS) is 19.0. The molecule has 0 amide bonds. The Morgan fingerprint density at radius 2 is 1.86 bits per heavy atom. The molecule has 1 aromatic rings. The summed E-state index contributed by atoms with van der Waals surface area (Å²) in [7, 11) is 1.60. The number of hydrogen-bond acceptors (Lipinski definition) is 3. The lowest BCUT2D eigenvalue weighted by atomic mass is 9.77. The zero-order valence-corrected chi connectivity index (χ0v) is 12.5. The van der Waals surface area contributed by atoms with Gasteiger partial charge in [0, 0.05) is 0 Å². The highest BCUT2D eigenvalue weighted by Gasteiger charge is 2.34. The van der Waals surface area contributed by atoms with E-state index in [1.54, 1.807) is 7.11 Å². The highest BCUT2D eigenvalue weighted by atomic mass is 16.5. The monoisotopic (exact) mass is 292 g/mol. The molecule has 2 rings (SSSR count). The first-order chi connectivity index (χ1) is 10.0. The molecule has 4 heteroatoms. The van der Waals surface area contributed by atoms with E-state index in [9.17, 15) is 15.0 Å². The van der Waals surface area contributed by atoms with Crippen LogP contribution in [0.1, 0.15) is 44.1 Å². The van der Waals surface area contributed by atoms with Gasteiger partial charge < -0.3 is 14.9 Å². The van der Waals surface area contributed by atoms with E-state index in [2.05, 4.69) is 0 Å². The van der Waals surface area contributed by atoms with Crippen molar-refractivity contribution in [2.75, 3.05) is 7.11 Å². The van der Waals surface area contributed by atoms with Gasteiger partial charge in [-0.2, -0.15) is 0 Å². The smallest absolute Gasteiger partial charge is 0.306 e. The van der Waals surface area contributed by atoms with Crippen LogP contribution in [0.3, 0.4) is 0 Å². The quantitative estimate of drug-likeness (QED) is 0.845. The second-order valence-electron chi connectivity index (χ2n) is 6.08. The number of aliphatic hydroxyl groups is 1. The van der Waals surface area contributed by atoms with Crippen molar-refractivity contribution in [1.29, 1.82) is 0 Å². The summed E-state index contributed by atoms with van der Waals surface area (Å²) in [5, 5.41) is 20.0.